The van der Waals surface area contributed by atoms with Crippen LogP contribution in [-0.2, 0) is 6.54 Å². The zero-order valence-corrected chi connectivity index (χ0v) is 17.9. The quantitative estimate of drug-likeness (QED) is 0.402. The van der Waals surface area contributed by atoms with E-state index in [2.05, 4.69) is 59.5 Å². The SMILES string of the molecule is CN=C(NCc1ccc(C)cc1C)NCC(C)CN1CCCC1.I. The van der Waals surface area contributed by atoms with Crippen LogP contribution >= 0.6 is 24.0 Å². The van der Waals surface area contributed by atoms with Crippen LogP contribution in [-0.4, -0.2) is 44.1 Å². The van der Waals surface area contributed by atoms with Gasteiger partial charge in [-0.15, -0.1) is 24.0 Å². The Morgan fingerprint density at radius 2 is 1.92 bits per heavy atom. The van der Waals surface area contributed by atoms with Crippen LogP contribution in [0.15, 0.2) is 23.2 Å². The number of likely N-dealkylation sites (tertiary alicyclic amines) is 1. The van der Waals surface area contributed by atoms with E-state index in [9.17, 15) is 0 Å². The zero-order valence-electron chi connectivity index (χ0n) is 15.6. The third-order valence-corrected chi connectivity index (χ3v) is 4.55. The van der Waals surface area contributed by atoms with Crippen molar-refractivity contribution < 1.29 is 0 Å². The van der Waals surface area contributed by atoms with Crippen molar-refractivity contribution >= 4 is 29.9 Å². The molecule has 0 aliphatic carbocycles. The summed E-state index contributed by atoms with van der Waals surface area (Å²) < 4.78 is 0. The van der Waals surface area contributed by atoms with E-state index in [-0.39, 0.29) is 24.0 Å². The topological polar surface area (TPSA) is 39.7 Å². The first kappa shape index (κ1) is 21.2. The minimum Gasteiger partial charge on any atom is -0.356 e. The van der Waals surface area contributed by atoms with Gasteiger partial charge >= 0.3 is 0 Å². The van der Waals surface area contributed by atoms with Gasteiger partial charge in [0.15, 0.2) is 5.96 Å². The van der Waals surface area contributed by atoms with Gasteiger partial charge in [-0.3, -0.25) is 4.99 Å². The van der Waals surface area contributed by atoms with Crippen molar-refractivity contribution in [2.45, 2.75) is 40.2 Å². The molecule has 136 valence electrons. The fourth-order valence-electron chi connectivity index (χ4n) is 3.19. The van der Waals surface area contributed by atoms with Gasteiger partial charge in [-0.05, 0) is 56.8 Å². The Kier molecular flexibility index (Phi) is 9.66. The predicted molar refractivity (Wildman–Crippen MR) is 114 cm³/mol. The molecule has 1 atom stereocenters. The maximum Gasteiger partial charge on any atom is 0.191 e. The second-order valence-electron chi connectivity index (χ2n) is 6.85. The number of guanidine groups is 1. The molecule has 1 saturated heterocycles. The van der Waals surface area contributed by atoms with Crippen LogP contribution < -0.4 is 10.6 Å². The minimum absolute atomic E-state index is 0. The smallest absolute Gasteiger partial charge is 0.191 e. The summed E-state index contributed by atoms with van der Waals surface area (Å²) in [6.45, 7) is 12.1. The number of aliphatic imine (C=N–C) groups is 1. The summed E-state index contributed by atoms with van der Waals surface area (Å²) in [7, 11) is 1.84. The summed E-state index contributed by atoms with van der Waals surface area (Å²) >= 11 is 0. The molecule has 1 aliphatic heterocycles. The van der Waals surface area contributed by atoms with E-state index in [4.69, 9.17) is 0 Å². The van der Waals surface area contributed by atoms with E-state index in [0.29, 0.717) is 5.92 Å². The molecule has 1 heterocycles. The number of hydrogen-bond donors (Lipinski definition) is 2. The lowest BCUT2D eigenvalue weighted by Crippen LogP contribution is -2.41. The Balaban J connectivity index is 0.00000288. The highest BCUT2D eigenvalue weighted by atomic mass is 127. The Bertz CT molecular complexity index is 524. The second kappa shape index (κ2) is 10.9. The first-order chi connectivity index (χ1) is 11.1. The molecule has 0 bridgehead atoms. The van der Waals surface area contributed by atoms with E-state index in [1.54, 1.807) is 0 Å². The summed E-state index contributed by atoms with van der Waals surface area (Å²) in [5, 5.41) is 6.88. The van der Waals surface area contributed by atoms with Gasteiger partial charge in [0.05, 0.1) is 0 Å². The molecule has 1 aromatic rings. The normalized spacial score (nSPS) is 16.6. The molecule has 0 aromatic heterocycles. The first-order valence-electron chi connectivity index (χ1n) is 8.81. The van der Waals surface area contributed by atoms with Gasteiger partial charge in [0.1, 0.15) is 0 Å². The van der Waals surface area contributed by atoms with Crippen LogP contribution in [0, 0.1) is 19.8 Å². The monoisotopic (exact) mass is 444 g/mol. The first-order valence-corrected chi connectivity index (χ1v) is 8.81. The Hall–Kier alpha value is -0.820. The lowest BCUT2D eigenvalue weighted by atomic mass is 10.1. The molecule has 24 heavy (non-hydrogen) atoms. The van der Waals surface area contributed by atoms with E-state index < -0.39 is 0 Å². The Labute approximate surface area is 164 Å². The summed E-state index contributed by atoms with van der Waals surface area (Å²) in [6.07, 6.45) is 2.72. The molecule has 1 fully saturated rings. The summed E-state index contributed by atoms with van der Waals surface area (Å²) in [6, 6.07) is 6.59. The van der Waals surface area contributed by atoms with Gasteiger partial charge in [0, 0.05) is 26.7 Å². The predicted octanol–water partition coefficient (Wildman–Crippen LogP) is 3.32. The standard InChI is InChI=1S/C19H32N4.HI/c1-15-7-8-18(17(3)11-15)13-22-19(20-4)21-12-16(2)14-23-9-5-6-10-23;/h7-8,11,16H,5-6,9-10,12-14H2,1-4H3,(H2,20,21,22);1H. The second-order valence-corrected chi connectivity index (χ2v) is 6.85. The number of hydrogen-bond acceptors (Lipinski definition) is 2. The zero-order chi connectivity index (χ0) is 16.7. The number of benzene rings is 1. The molecule has 0 spiro atoms. The van der Waals surface area contributed by atoms with Crippen LogP contribution in [0.1, 0.15) is 36.5 Å². The van der Waals surface area contributed by atoms with Crippen LogP contribution in [0.25, 0.3) is 0 Å². The number of nitrogens with zero attached hydrogens (tertiary/aromatic N) is 2. The molecular weight excluding hydrogens is 411 g/mol. The average molecular weight is 444 g/mol. The Morgan fingerprint density at radius 3 is 2.54 bits per heavy atom. The van der Waals surface area contributed by atoms with E-state index in [1.165, 1.54) is 49.2 Å². The van der Waals surface area contributed by atoms with Crippen LogP contribution in [0.4, 0.5) is 0 Å². The molecule has 2 N–H and O–H groups in total. The average Bonchev–Trinajstić information content (AvgIpc) is 3.02. The van der Waals surface area contributed by atoms with Crippen molar-refractivity contribution in [2.24, 2.45) is 10.9 Å². The number of aryl methyl sites for hydroxylation is 2. The van der Waals surface area contributed by atoms with Gasteiger partial charge in [0.25, 0.3) is 0 Å². The summed E-state index contributed by atoms with van der Waals surface area (Å²) in [5.41, 5.74) is 3.96. The molecule has 4 nitrogen and oxygen atoms in total. The van der Waals surface area contributed by atoms with E-state index in [1.807, 2.05) is 7.05 Å². The largest absolute Gasteiger partial charge is 0.356 e. The number of rotatable bonds is 6. The van der Waals surface area contributed by atoms with Crippen molar-refractivity contribution in [2.75, 3.05) is 33.2 Å². The van der Waals surface area contributed by atoms with Gasteiger partial charge in [-0.25, -0.2) is 0 Å². The molecule has 1 aromatic carbocycles. The third kappa shape index (κ3) is 6.97. The molecule has 2 rings (SSSR count). The maximum atomic E-state index is 4.33. The lowest BCUT2D eigenvalue weighted by Gasteiger charge is -2.21. The molecule has 0 radical (unpaired) electrons. The van der Waals surface area contributed by atoms with Gasteiger partial charge in [-0.2, -0.15) is 0 Å². The molecule has 1 unspecified atom stereocenters. The van der Waals surface area contributed by atoms with Crippen molar-refractivity contribution in [3.63, 3.8) is 0 Å². The van der Waals surface area contributed by atoms with Gasteiger partial charge < -0.3 is 15.5 Å². The van der Waals surface area contributed by atoms with Crippen LogP contribution in [0.2, 0.25) is 0 Å². The molecule has 1 aliphatic rings. The van der Waals surface area contributed by atoms with E-state index >= 15 is 0 Å². The third-order valence-electron chi connectivity index (χ3n) is 4.55. The minimum atomic E-state index is 0. The highest BCUT2D eigenvalue weighted by Crippen LogP contribution is 2.11. The fraction of sp³-hybridized carbons (Fsp3) is 0.632. The van der Waals surface area contributed by atoms with Crippen molar-refractivity contribution in [1.29, 1.82) is 0 Å². The van der Waals surface area contributed by atoms with Gasteiger partial charge in [0.2, 0.25) is 0 Å². The number of halogens is 1. The molecule has 0 amide bonds. The fourth-order valence-corrected chi connectivity index (χ4v) is 3.19. The Morgan fingerprint density at radius 1 is 1.21 bits per heavy atom. The van der Waals surface area contributed by atoms with E-state index in [0.717, 1.165) is 19.0 Å². The van der Waals surface area contributed by atoms with Crippen molar-refractivity contribution in [3.8, 4) is 0 Å². The maximum absolute atomic E-state index is 4.33. The van der Waals surface area contributed by atoms with Crippen LogP contribution in [0.3, 0.4) is 0 Å². The molecule has 0 saturated carbocycles. The highest BCUT2D eigenvalue weighted by Gasteiger charge is 2.14. The molecule has 5 heteroatoms. The van der Waals surface area contributed by atoms with Gasteiger partial charge in [-0.1, -0.05) is 30.7 Å². The van der Waals surface area contributed by atoms with Crippen molar-refractivity contribution in [1.82, 2.24) is 15.5 Å². The highest BCUT2D eigenvalue weighted by molar-refractivity contribution is 14.0. The lowest BCUT2D eigenvalue weighted by molar-refractivity contribution is 0.287. The molecular formula is C19H33IN4. The number of nitrogens with one attached hydrogen (secondary N) is 2. The van der Waals surface area contributed by atoms with Crippen molar-refractivity contribution in [3.05, 3.63) is 34.9 Å². The summed E-state index contributed by atoms with van der Waals surface area (Å²) in [4.78, 5) is 6.90. The summed E-state index contributed by atoms with van der Waals surface area (Å²) in [5.74, 6) is 1.52. The van der Waals surface area contributed by atoms with Crippen LogP contribution in [0.5, 0.6) is 0 Å².